The zero-order valence-electron chi connectivity index (χ0n) is 17.9. The number of hydrogen-bond donors (Lipinski definition) is 0. The summed E-state index contributed by atoms with van der Waals surface area (Å²) in [6, 6.07) is 0. The molecule has 0 saturated carbocycles. The molecule has 0 atom stereocenters. The van der Waals surface area contributed by atoms with E-state index in [-0.39, 0.29) is 6.67 Å². The smallest absolute Gasteiger partial charge is 0.319 e. The van der Waals surface area contributed by atoms with Gasteiger partial charge in [-0.1, -0.05) is 0 Å². The fraction of sp³-hybridized carbons (Fsp3) is 1.00. The molecule has 0 saturated heterocycles. The van der Waals surface area contributed by atoms with Gasteiger partial charge < -0.3 is 4.74 Å². The third-order valence-electron chi connectivity index (χ3n) is 2.03. The monoisotopic (exact) mass is 636 g/mol. The van der Waals surface area contributed by atoms with Gasteiger partial charge in [0.25, 0.3) is 0 Å². The van der Waals surface area contributed by atoms with Gasteiger partial charge in [-0.05, 0) is 6.92 Å². The van der Waals surface area contributed by atoms with Gasteiger partial charge in [0.2, 0.25) is 0 Å². The Bertz CT molecular complexity index is 552. The highest BCUT2D eigenvalue weighted by molar-refractivity contribution is 4.86. The van der Waals surface area contributed by atoms with Gasteiger partial charge in [0.15, 0.2) is 20.6 Å². The zero-order valence-corrected chi connectivity index (χ0v) is 17.9. The van der Waals surface area contributed by atoms with E-state index in [0.29, 0.717) is 7.18 Å². The molecule has 0 heterocycles. The van der Waals surface area contributed by atoms with Crippen LogP contribution in [0.3, 0.4) is 0 Å². The topological polar surface area (TPSA) is 27.7 Å². The summed E-state index contributed by atoms with van der Waals surface area (Å²) in [5.74, 6) is -7.23. The lowest BCUT2D eigenvalue weighted by atomic mass is 10.3. The largest absolute Gasteiger partial charge is 0.483 e. The second-order valence-corrected chi connectivity index (χ2v) is 4.66. The SMILES string of the molecule is CCF.CF.FC(F)(F)C(F)(F)OC(F)(F)C(F)(F)C(F)(F)F.FCOC(F)(F)C(F)(F)F.FCOCF. The maximum atomic E-state index is 12.1. The molecule has 0 radical (unpaired) electrons. The van der Waals surface area contributed by atoms with Gasteiger partial charge in [-0.25, -0.2) is 17.9 Å². The van der Waals surface area contributed by atoms with E-state index < -0.39 is 63.4 Å². The molecule has 0 aliphatic rings. The first-order valence-electron chi connectivity index (χ1n) is 7.85. The first kappa shape index (κ1) is 46.2. The van der Waals surface area contributed by atoms with Crippen molar-refractivity contribution >= 4 is 0 Å². The van der Waals surface area contributed by atoms with Gasteiger partial charge in [0.05, 0.1) is 13.9 Å². The van der Waals surface area contributed by atoms with Crippen molar-refractivity contribution in [3.05, 3.63) is 0 Å². The normalized spacial score (nSPS) is 12.9. The van der Waals surface area contributed by atoms with Crippen LogP contribution in [0.15, 0.2) is 0 Å². The van der Waals surface area contributed by atoms with Crippen molar-refractivity contribution in [1.29, 1.82) is 0 Å². The van der Waals surface area contributed by atoms with Crippen molar-refractivity contribution in [2.45, 2.75) is 49.7 Å². The van der Waals surface area contributed by atoms with Crippen molar-refractivity contribution in [2.75, 3.05) is 34.4 Å². The lowest BCUT2D eigenvalue weighted by Gasteiger charge is -2.30. The van der Waals surface area contributed by atoms with E-state index in [0.717, 1.165) is 0 Å². The van der Waals surface area contributed by atoms with Crippen LogP contribution < -0.4 is 0 Å². The van der Waals surface area contributed by atoms with E-state index in [2.05, 4.69) is 9.47 Å². The van der Waals surface area contributed by atoms with E-state index in [9.17, 15) is 96.6 Å². The highest BCUT2D eigenvalue weighted by Crippen LogP contribution is 2.51. The van der Waals surface area contributed by atoms with Crippen molar-refractivity contribution in [3.8, 4) is 0 Å². The second-order valence-electron chi connectivity index (χ2n) is 4.66. The second kappa shape index (κ2) is 18.6. The van der Waals surface area contributed by atoms with Crippen LogP contribution in [0.25, 0.3) is 0 Å². The third-order valence-corrected chi connectivity index (χ3v) is 2.03. The van der Waals surface area contributed by atoms with Crippen LogP contribution in [0.2, 0.25) is 0 Å². The standard InChI is InChI=1S/C5F12O.C3H2F6O.C2H4F2O.C2H5F.CH3F/c6-1(7,2(8,9)10)4(14,15)18-5(16,17)3(11,12)13;4-1-10-3(8,9)2(5,6)7;3-1-5-2-4;1-2-3;1-2/h;1H2;1-2H2;2H2,1H3;1H3. The molecule has 38 heavy (non-hydrogen) atoms. The van der Waals surface area contributed by atoms with E-state index in [1.807, 2.05) is 0 Å². The first-order valence-corrected chi connectivity index (χ1v) is 7.85. The highest BCUT2D eigenvalue weighted by Gasteiger charge is 2.78. The van der Waals surface area contributed by atoms with Crippen LogP contribution >= 0.6 is 0 Å². The Balaban J connectivity index is -0.000000152. The van der Waals surface area contributed by atoms with Crippen molar-refractivity contribution < 1.29 is 111 Å². The highest BCUT2D eigenvalue weighted by atomic mass is 19.4. The molecule has 0 fully saturated rings. The van der Waals surface area contributed by atoms with Crippen LogP contribution in [-0.2, 0) is 14.2 Å². The van der Waals surface area contributed by atoms with Crippen molar-refractivity contribution in [1.82, 2.24) is 0 Å². The first-order chi connectivity index (χ1) is 16.6. The number of rotatable bonds is 7. The molecular weight excluding hydrogens is 622 g/mol. The molecule has 0 amide bonds. The molecule has 0 spiro atoms. The Morgan fingerprint density at radius 1 is 0.447 bits per heavy atom. The molecular formula is C13H14F22O3. The molecule has 238 valence electrons. The molecule has 25 heteroatoms. The molecule has 0 rings (SSSR count). The van der Waals surface area contributed by atoms with Gasteiger partial charge >= 0.3 is 42.8 Å². The Kier molecular flexibility index (Phi) is 22.6. The van der Waals surface area contributed by atoms with Gasteiger partial charge in [-0.2, -0.15) is 74.6 Å². The Labute approximate surface area is 196 Å². The van der Waals surface area contributed by atoms with E-state index in [1.54, 1.807) is 0 Å². The lowest BCUT2D eigenvalue weighted by Crippen LogP contribution is -2.57. The predicted molar refractivity (Wildman–Crippen MR) is 77.8 cm³/mol. The average Bonchev–Trinajstić information content (AvgIpc) is 2.68. The number of alkyl halides is 22. The summed E-state index contributed by atoms with van der Waals surface area (Å²) in [5.41, 5.74) is 0. The molecule has 3 nitrogen and oxygen atoms in total. The summed E-state index contributed by atoms with van der Waals surface area (Å²) in [6.07, 6.45) is -39.2. The zero-order chi connectivity index (χ0) is 32.4. The third kappa shape index (κ3) is 17.8. The molecule has 0 bridgehead atoms. The Hall–Kier alpha value is -1.66. The van der Waals surface area contributed by atoms with Crippen LogP contribution in [0.4, 0.5) is 96.6 Å². The minimum atomic E-state index is -7.23. The average molecular weight is 636 g/mol. The lowest BCUT2D eigenvalue weighted by molar-refractivity contribution is -0.508. The molecule has 0 aliphatic heterocycles. The maximum absolute atomic E-state index is 12.1. The van der Waals surface area contributed by atoms with E-state index in [1.165, 1.54) is 11.7 Å². The minimum Gasteiger partial charge on any atom is -0.319 e. The van der Waals surface area contributed by atoms with E-state index in [4.69, 9.17) is 0 Å². The Morgan fingerprint density at radius 2 is 0.737 bits per heavy atom. The predicted octanol–water partition coefficient (Wildman–Crippen LogP) is 8.45. The van der Waals surface area contributed by atoms with Crippen molar-refractivity contribution in [3.63, 3.8) is 0 Å². The summed E-state index contributed by atoms with van der Waals surface area (Å²) in [4.78, 5) is 0. The minimum absolute atomic E-state index is 0.250. The van der Waals surface area contributed by atoms with Gasteiger partial charge in [-0.15, -0.1) is 0 Å². The Morgan fingerprint density at radius 3 is 0.868 bits per heavy atom. The maximum Gasteiger partial charge on any atom is 0.483 e. The van der Waals surface area contributed by atoms with Crippen LogP contribution in [0, 0.1) is 0 Å². The molecule has 0 aromatic carbocycles. The molecule has 0 aromatic rings. The van der Waals surface area contributed by atoms with Crippen molar-refractivity contribution in [2.24, 2.45) is 0 Å². The van der Waals surface area contributed by atoms with Gasteiger partial charge in [0.1, 0.15) is 0 Å². The molecule has 0 N–H and O–H groups in total. The molecule has 0 aromatic heterocycles. The summed E-state index contributed by atoms with van der Waals surface area (Å²) >= 11 is 0. The van der Waals surface area contributed by atoms with Crippen LogP contribution in [-0.4, -0.2) is 77.2 Å². The van der Waals surface area contributed by atoms with Crippen LogP contribution in [0.5, 0.6) is 0 Å². The van der Waals surface area contributed by atoms with Crippen LogP contribution in [0.1, 0.15) is 6.92 Å². The summed E-state index contributed by atoms with van der Waals surface area (Å²) in [6.45, 7) is -3.03. The fourth-order valence-corrected chi connectivity index (χ4v) is 0.627. The fourth-order valence-electron chi connectivity index (χ4n) is 0.627. The summed E-state index contributed by atoms with van der Waals surface area (Å²) < 4.78 is 254. The molecule has 0 aliphatic carbocycles. The number of ether oxygens (including phenoxy) is 3. The van der Waals surface area contributed by atoms with E-state index >= 15 is 0 Å². The molecule has 0 unspecified atom stereocenters. The quantitative estimate of drug-likeness (QED) is 0.263. The summed E-state index contributed by atoms with van der Waals surface area (Å²) in [7, 11) is 0.500. The van der Waals surface area contributed by atoms with Gasteiger partial charge in [-0.3, -0.25) is 13.5 Å². The summed E-state index contributed by atoms with van der Waals surface area (Å²) in [5, 5.41) is 0. The van der Waals surface area contributed by atoms with Gasteiger partial charge in [0, 0.05) is 0 Å². The number of halogens is 22. The number of hydrogen-bond acceptors (Lipinski definition) is 3.